The molecule has 6 nitrogen and oxygen atoms in total. The van der Waals surface area contributed by atoms with Crippen molar-refractivity contribution < 1.29 is 13.2 Å². The standard InChI is InChI=1S/C22H23N3O3S2/c1-6-13-25-19-12-9-17(15(2)3)14-20(19)29-22(25)23-21(26)16-7-10-18(11-8-16)30(27,28)24(4)5/h1,7-12,14-15H,13H2,2-5H3. The van der Waals surface area contributed by atoms with E-state index in [-0.39, 0.29) is 4.90 Å². The predicted octanol–water partition coefficient (Wildman–Crippen LogP) is 3.45. The zero-order valence-corrected chi connectivity index (χ0v) is 18.9. The van der Waals surface area contributed by atoms with E-state index in [0.29, 0.717) is 22.8 Å². The molecule has 0 saturated heterocycles. The average Bonchev–Trinajstić information content (AvgIpc) is 3.04. The number of carbonyl (C=O) groups excluding carboxylic acids is 1. The van der Waals surface area contributed by atoms with Crippen molar-refractivity contribution in [1.29, 1.82) is 0 Å². The van der Waals surface area contributed by atoms with Crippen LogP contribution in [0.3, 0.4) is 0 Å². The number of terminal acetylenes is 1. The molecule has 0 spiro atoms. The lowest BCUT2D eigenvalue weighted by Crippen LogP contribution is -2.22. The van der Waals surface area contributed by atoms with Crippen molar-refractivity contribution in [3.05, 3.63) is 58.4 Å². The SMILES string of the molecule is C#CCn1c(=NC(=O)c2ccc(S(=O)(=O)N(C)C)cc2)sc2cc(C(C)C)ccc21. The fourth-order valence-electron chi connectivity index (χ4n) is 2.91. The number of sulfonamides is 1. The summed E-state index contributed by atoms with van der Waals surface area (Å²) in [5.41, 5.74) is 2.44. The Hall–Kier alpha value is -2.73. The molecule has 0 radical (unpaired) electrons. The second-order valence-electron chi connectivity index (χ2n) is 7.29. The van der Waals surface area contributed by atoms with Gasteiger partial charge in [0.2, 0.25) is 10.0 Å². The van der Waals surface area contributed by atoms with Crippen LogP contribution in [0.2, 0.25) is 0 Å². The van der Waals surface area contributed by atoms with Crippen molar-refractivity contribution in [1.82, 2.24) is 8.87 Å². The molecule has 0 saturated carbocycles. The van der Waals surface area contributed by atoms with Gasteiger partial charge in [-0.2, -0.15) is 4.99 Å². The molecule has 2 aromatic carbocycles. The fourth-order valence-corrected chi connectivity index (χ4v) is 4.89. The molecule has 1 aromatic heterocycles. The van der Waals surface area contributed by atoms with Crippen molar-refractivity contribution in [2.45, 2.75) is 31.2 Å². The Balaban J connectivity index is 2.04. The number of nitrogens with zero attached hydrogens (tertiary/aromatic N) is 3. The van der Waals surface area contributed by atoms with Gasteiger partial charge in [0, 0.05) is 19.7 Å². The van der Waals surface area contributed by atoms with E-state index < -0.39 is 15.9 Å². The molecule has 1 heterocycles. The highest BCUT2D eigenvalue weighted by Crippen LogP contribution is 2.23. The van der Waals surface area contributed by atoms with E-state index in [4.69, 9.17) is 6.42 Å². The van der Waals surface area contributed by atoms with Gasteiger partial charge in [-0.25, -0.2) is 12.7 Å². The summed E-state index contributed by atoms with van der Waals surface area (Å²) in [6.07, 6.45) is 5.53. The van der Waals surface area contributed by atoms with E-state index in [2.05, 4.69) is 36.9 Å². The molecular formula is C22H23N3O3S2. The van der Waals surface area contributed by atoms with Gasteiger partial charge in [0.1, 0.15) is 0 Å². The largest absolute Gasteiger partial charge is 0.305 e. The van der Waals surface area contributed by atoms with Crippen LogP contribution < -0.4 is 4.80 Å². The van der Waals surface area contributed by atoms with Crippen LogP contribution in [0, 0.1) is 12.3 Å². The van der Waals surface area contributed by atoms with Crippen molar-refractivity contribution in [3.63, 3.8) is 0 Å². The molecule has 1 amide bonds. The first-order valence-corrected chi connectivity index (χ1v) is 11.6. The van der Waals surface area contributed by atoms with E-state index in [1.807, 2.05) is 10.6 Å². The van der Waals surface area contributed by atoms with Crippen molar-refractivity contribution in [3.8, 4) is 12.3 Å². The molecule has 30 heavy (non-hydrogen) atoms. The lowest BCUT2D eigenvalue weighted by atomic mass is 10.0. The zero-order chi connectivity index (χ0) is 22.1. The molecule has 3 aromatic rings. The van der Waals surface area contributed by atoms with Gasteiger partial charge in [-0.05, 0) is 47.9 Å². The first kappa shape index (κ1) is 22.0. The molecule has 0 aliphatic heterocycles. The van der Waals surface area contributed by atoms with Crippen molar-refractivity contribution in [2.75, 3.05) is 14.1 Å². The van der Waals surface area contributed by atoms with Crippen LogP contribution in [0.4, 0.5) is 0 Å². The lowest BCUT2D eigenvalue weighted by molar-refractivity contribution is 0.0998. The van der Waals surface area contributed by atoms with E-state index in [0.717, 1.165) is 14.5 Å². The summed E-state index contributed by atoms with van der Waals surface area (Å²) >= 11 is 1.41. The van der Waals surface area contributed by atoms with Gasteiger partial charge in [-0.15, -0.1) is 6.42 Å². The molecule has 8 heteroatoms. The average molecular weight is 442 g/mol. The Morgan fingerprint density at radius 3 is 2.43 bits per heavy atom. The van der Waals surface area contributed by atoms with Gasteiger partial charge in [-0.3, -0.25) is 4.79 Å². The molecule has 0 N–H and O–H groups in total. The highest BCUT2D eigenvalue weighted by atomic mass is 32.2. The van der Waals surface area contributed by atoms with Crippen LogP contribution >= 0.6 is 11.3 Å². The van der Waals surface area contributed by atoms with Crippen LogP contribution in [0.25, 0.3) is 10.2 Å². The first-order chi connectivity index (χ1) is 14.1. The molecule has 0 atom stereocenters. The Morgan fingerprint density at radius 1 is 1.20 bits per heavy atom. The molecule has 0 unspecified atom stereocenters. The van der Waals surface area contributed by atoms with Gasteiger partial charge < -0.3 is 4.57 Å². The zero-order valence-electron chi connectivity index (χ0n) is 17.3. The van der Waals surface area contributed by atoms with Gasteiger partial charge in [0.05, 0.1) is 21.7 Å². The highest BCUT2D eigenvalue weighted by Gasteiger charge is 2.17. The Labute approximate surface area is 180 Å². The molecule has 0 fully saturated rings. The Morgan fingerprint density at radius 2 is 1.87 bits per heavy atom. The summed E-state index contributed by atoms with van der Waals surface area (Å²) in [5, 5.41) is 0. The van der Waals surface area contributed by atoms with Crippen molar-refractivity contribution >= 4 is 37.5 Å². The molecule has 0 aliphatic rings. The fraction of sp³-hybridized carbons (Fsp3) is 0.273. The van der Waals surface area contributed by atoms with Gasteiger partial charge in [-0.1, -0.05) is 37.2 Å². The molecular weight excluding hydrogens is 418 g/mol. The van der Waals surface area contributed by atoms with E-state index in [1.54, 1.807) is 0 Å². The highest BCUT2D eigenvalue weighted by molar-refractivity contribution is 7.89. The number of rotatable bonds is 5. The van der Waals surface area contributed by atoms with Gasteiger partial charge in [0.15, 0.2) is 4.80 Å². The van der Waals surface area contributed by atoms with E-state index in [1.165, 1.54) is 55.3 Å². The lowest BCUT2D eigenvalue weighted by Gasteiger charge is -2.11. The number of hydrogen-bond acceptors (Lipinski definition) is 4. The van der Waals surface area contributed by atoms with Gasteiger partial charge >= 0.3 is 0 Å². The third kappa shape index (κ3) is 4.24. The number of fused-ring (bicyclic) bond motifs is 1. The summed E-state index contributed by atoms with van der Waals surface area (Å²) in [4.78, 5) is 17.6. The minimum absolute atomic E-state index is 0.120. The van der Waals surface area contributed by atoms with Crippen LogP contribution in [0.5, 0.6) is 0 Å². The third-order valence-electron chi connectivity index (χ3n) is 4.70. The van der Waals surface area contributed by atoms with E-state index >= 15 is 0 Å². The number of aromatic nitrogens is 1. The summed E-state index contributed by atoms with van der Waals surface area (Å²) in [5.74, 6) is 2.55. The van der Waals surface area contributed by atoms with Crippen LogP contribution in [0.15, 0.2) is 52.4 Å². The quantitative estimate of drug-likeness (QED) is 0.570. The minimum atomic E-state index is -3.55. The third-order valence-corrected chi connectivity index (χ3v) is 7.57. The summed E-state index contributed by atoms with van der Waals surface area (Å²) in [6, 6.07) is 11.9. The van der Waals surface area contributed by atoms with Crippen LogP contribution in [0.1, 0.15) is 35.7 Å². The summed E-state index contributed by atoms with van der Waals surface area (Å²) in [7, 11) is -0.637. The topological polar surface area (TPSA) is 71.7 Å². The predicted molar refractivity (Wildman–Crippen MR) is 120 cm³/mol. The van der Waals surface area contributed by atoms with Crippen LogP contribution in [-0.2, 0) is 16.6 Å². The number of thiazole rings is 1. The second-order valence-corrected chi connectivity index (χ2v) is 10.4. The normalized spacial score (nSPS) is 12.6. The maximum absolute atomic E-state index is 12.7. The van der Waals surface area contributed by atoms with Crippen LogP contribution in [-0.4, -0.2) is 37.3 Å². The Bertz CT molecular complexity index is 1310. The monoisotopic (exact) mass is 441 g/mol. The van der Waals surface area contributed by atoms with Gasteiger partial charge in [0.25, 0.3) is 5.91 Å². The molecule has 156 valence electrons. The molecule has 0 bridgehead atoms. The smallest absolute Gasteiger partial charge is 0.279 e. The number of hydrogen-bond donors (Lipinski definition) is 0. The molecule has 0 aliphatic carbocycles. The summed E-state index contributed by atoms with van der Waals surface area (Å²) < 4.78 is 28.4. The Kier molecular flexibility index (Phi) is 6.27. The van der Waals surface area contributed by atoms with E-state index in [9.17, 15) is 13.2 Å². The molecule has 3 rings (SSSR count). The minimum Gasteiger partial charge on any atom is -0.305 e. The summed E-state index contributed by atoms with van der Waals surface area (Å²) in [6.45, 7) is 4.55. The maximum atomic E-state index is 12.7. The first-order valence-electron chi connectivity index (χ1n) is 9.33. The second kappa shape index (κ2) is 8.56. The van der Waals surface area contributed by atoms with Crippen molar-refractivity contribution in [2.24, 2.45) is 4.99 Å². The number of carbonyl (C=O) groups is 1. The number of benzene rings is 2. The maximum Gasteiger partial charge on any atom is 0.279 e. The number of amides is 1.